The van der Waals surface area contributed by atoms with E-state index in [-0.39, 0.29) is 6.10 Å². The summed E-state index contributed by atoms with van der Waals surface area (Å²) >= 11 is 1.70. The summed E-state index contributed by atoms with van der Waals surface area (Å²) in [7, 11) is 0. The smallest absolute Gasteiger partial charge is 0.321 e. The third-order valence-electron chi connectivity index (χ3n) is 2.53. The molecule has 3 unspecified atom stereocenters. The minimum atomic E-state index is -0.768. The van der Waals surface area contributed by atoms with Crippen molar-refractivity contribution in [3.63, 3.8) is 0 Å². The normalized spacial score (nSPS) is 27.9. The summed E-state index contributed by atoms with van der Waals surface area (Å²) in [6.45, 7) is 5.46. The molecular formula is C10H19NO3S. The third kappa shape index (κ3) is 4.01. The van der Waals surface area contributed by atoms with Crippen molar-refractivity contribution in [2.75, 3.05) is 18.9 Å². The van der Waals surface area contributed by atoms with Crippen LogP contribution in [0.5, 0.6) is 0 Å². The Bertz CT molecular complexity index is 213. The Morgan fingerprint density at radius 1 is 1.73 bits per heavy atom. The van der Waals surface area contributed by atoms with Crippen LogP contribution < -0.4 is 5.32 Å². The zero-order valence-electron chi connectivity index (χ0n) is 9.23. The van der Waals surface area contributed by atoms with Gasteiger partial charge in [0.2, 0.25) is 0 Å². The molecule has 1 rings (SSSR count). The number of carboxylic acid groups (broad SMARTS) is 1. The first-order valence-electron chi connectivity index (χ1n) is 5.34. The summed E-state index contributed by atoms with van der Waals surface area (Å²) in [4.78, 5) is 10.9. The van der Waals surface area contributed by atoms with Gasteiger partial charge in [0.05, 0.1) is 6.10 Å². The maximum absolute atomic E-state index is 10.9. The van der Waals surface area contributed by atoms with Gasteiger partial charge in [0.1, 0.15) is 6.04 Å². The Balaban J connectivity index is 2.29. The summed E-state index contributed by atoms with van der Waals surface area (Å²) in [5.41, 5.74) is 0. The minimum Gasteiger partial charge on any atom is -0.480 e. The average Bonchev–Trinajstić information content (AvgIpc) is 2.58. The lowest BCUT2D eigenvalue weighted by atomic mass is 10.3. The maximum atomic E-state index is 10.9. The molecule has 1 aliphatic rings. The van der Waals surface area contributed by atoms with Crippen LogP contribution in [0.3, 0.4) is 0 Å². The van der Waals surface area contributed by atoms with E-state index in [2.05, 4.69) is 5.32 Å². The molecule has 1 fully saturated rings. The Morgan fingerprint density at radius 3 is 2.93 bits per heavy atom. The zero-order valence-corrected chi connectivity index (χ0v) is 10.0. The highest BCUT2D eigenvalue weighted by atomic mass is 32.2. The SMILES string of the molecule is CCNC(CSC1CCOC1C)C(=O)O. The molecule has 1 aliphatic heterocycles. The van der Waals surface area contributed by atoms with E-state index in [1.54, 1.807) is 11.8 Å². The molecule has 15 heavy (non-hydrogen) atoms. The Labute approximate surface area is 94.8 Å². The molecule has 0 aromatic rings. The zero-order chi connectivity index (χ0) is 11.3. The van der Waals surface area contributed by atoms with Crippen LogP contribution in [0.15, 0.2) is 0 Å². The first kappa shape index (κ1) is 12.8. The second-order valence-electron chi connectivity index (χ2n) is 3.68. The number of aliphatic carboxylic acids is 1. The maximum Gasteiger partial charge on any atom is 0.321 e. The lowest BCUT2D eigenvalue weighted by Gasteiger charge is -2.17. The first-order chi connectivity index (χ1) is 7.15. The highest BCUT2D eigenvalue weighted by molar-refractivity contribution is 8.00. The molecule has 0 aliphatic carbocycles. The Morgan fingerprint density at radius 2 is 2.47 bits per heavy atom. The molecule has 0 spiro atoms. The second-order valence-corrected chi connectivity index (χ2v) is 4.96. The molecule has 0 aromatic heterocycles. The van der Waals surface area contributed by atoms with Crippen molar-refractivity contribution in [1.82, 2.24) is 5.32 Å². The van der Waals surface area contributed by atoms with Crippen molar-refractivity contribution in [2.45, 2.75) is 37.7 Å². The molecule has 1 saturated heterocycles. The summed E-state index contributed by atoms with van der Waals surface area (Å²) in [6.07, 6.45) is 1.29. The van der Waals surface area contributed by atoms with Gasteiger partial charge in [-0.25, -0.2) is 0 Å². The van der Waals surface area contributed by atoms with Crippen LogP contribution >= 0.6 is 11.8 Å². The number of nitrogens with one attached hydrogen (secondary N) is 1. The number of hydrogen-bond donors (Lipinski definition) is 2. The van der Waals surface area contributed by atoms with Crippen LogP contribution in [-0.2, 0) is 9.53 Å². The molecule has 0 saturated carbocycles. The van der Waals surface area contributed by atoms with E-state index in [9.17, 15) is 4.79 Å². The molecule has 0 bridgehead atoms. The van der Waals surface area contributed by atoms with Gasteiger partial charge < -0.3 is 15.2 Å². The van der Waals surface area contributed by atoms with Gasteiger partial charge >= 0.3 is 5.97 Å². The number of likely N-dealkylation sites (N-methyl/N-ethyl adjacent to an activating group) is 1. The predicted octanol–water partition coefficient (Wildman–Crippen LogP) is 0.960. The lowest BCUT2D eigenvalue weighted by Crippen LogP contribution is -2.39. The number of thioether (sulfide) groups is 1. The molecular weight excluding hydrogens is 214 g/mol. The van der Waals surface area contributed by atoms with Crippen molar-refractivity contribution in [1.29, 1.82) is 0 Å². The molecule has 88 valence electrons. The fourth-order valence-corrected chi connectivity index (χ4v) is 2.93. The number of rotatable bonds is 6. The Kier molecular flexibility index (Phi) is 5.42. The Hall–Kier alpha value is -0.260. The largest absolute Gasteiger partial charge is 0.480 e. The van der Waals surface area contributed by atoms with Crippen molar-refractivity contribution >= 4 is 17.7 Å². The highest BCUT2D eigenvalue weighted by Gasteiger charge is 2.26. The monoisotopic (exact) mass is 233 g/mol. The van der Waals surface area contributed by atoms with Gasteiger partial charge in [-0.2, -0.15) is 11.8 Å². The fourth-order valence-electron chi connectivity index (χ4n) is 1.61. The summed E-state index contributed by atoms with van der Waals surface area (Å²) in [5.74, 6) is -0.155. The predicted molar refractivity (Wildman–Crippen MR) is 61.4 cm³/mol. The molecule has 3 atom stereocenters. The molecule has 4 nitrogen and oxygen atoms in total. The molecule has 0 aromatic carbocycles. The van der Waals surface area contributed by atoms with Gasteiger partial charge in [0.25, 0.3) is 0 Å². The summed E-state index contributed by atoms with van der Waals surface area (Å²) in [5, 5.41) is 12.3. The van der Waals surface area contributed by atoms with Gasteiger partial charge in [0, 0.05) is 17.6 Å². The molecule has 2 N–H and O–H groups in total. The summed E-state index contributed by atoms with van der Waals surface area (Å²) in [6, 6.07) is -0.437. The molecule has 5 heteroatoms. The van der Waals surface area contributed by atoms with Crippen molar-refractivity contribution in [3.8, 4) is 0 Å². The number of ether oxygens (including phenoxy) is 1. The highest BCUT2D eigenvalue weighted by Crippen LogP contribution is 2.26. The van der Waals surface area contributed by atoms with Crippen LogP contribution in [0.2, 0.25) is 0 Å². The van der Waals surface area contributed by atoms with E-state index in [0.717, 1.165) is 13.0 Å². The third-order valence-corrected chi connectivity index (χ3v) is 4.11. The van der Waals surface area contributed by atoms with Crippen molar-refractivity contribution in [2.24, 2.45) is 0 Å². The summed E-state index contributed by atoms with van der Waals surface area (Å²) < 4.78 is 5.43. The molecule has 0 radical (unpaired) electrons. The van der Waals surface area contributed by atoms with Gasteiger partial charge in [-0.1, -0.05) is 6.92 Å². The minimum absolute atomic E-state index is 0.256. The van der Waals surface area contributed by atoms with Gasteiger partial charge in [-0.15, -0.1) is 0 Å². The van der Waals surface area contributed by atoms with Gasteiger partial charge in [-0.3, -0.25) is 4.79 Å². The van der Waals surface area contributed by atoms with Gasteiger partial charge in [-0.05, 0) is 19.9 Å². The van der Waals surface area contributed by atoms with Crippen LogP contribution in [0, 0.1) is 0 Å². The van der Waals surface area contributed by atoms with E-state index >= 15 is 0 Å². The van der Waals surface area contributed by atoms with E-state index in [4.69, 9.17) is 9.84 Å². The quantitative estimate of drug-likeness (QED) is 0.715. The van der Waals surface area contributed by atoms with E-state index in [0.29, 0.717) is 17.5 Å². The van der Waals surface area contributed by atoms with Gasteiger partial charge in [0.15, 0.2) is 0 Å². The van der Waals surface area contributed by atoms with Crippen molar-refractivity contribution < 1.29 is 14.6 Å². The van der Waals surface area contributed by atoms with Crippen LogP contribution in [0.25, 0.3) is 0 Å². The van der Waals surface area contributed by atoms with Crippen molar-refractivity contribution in [3.05, 3.63) is 0 Å². The van der Waals surface area contributed by atoms with Crippen LogP contribution in [-0.4, -0.2) is 47.4 Å². The lowest BCUT2D eigenvalue weighted by molar-refractivity contribution is -0.138. The number of hydrogen-bond acceptors (Lipinski definition) is 4. The molecule has 0 amide bonds. The number of carboxylic acids is 1. The second kappa shape index (κ2) is 6.35. The average molecular weight is 233 g/mol. The van der Waals surface area contributed by atoms with E-state index in [1.165, 1.54) is 0 Å². The first-order valence-corrected chi connectivity index (χ1v) is 6.39. The van der Waals surface area contributed by atoms with Crippen LogP contribution in [0.4, 0.5) is 0 Å². The topological polar surface area (TPSA) is 58.6 Å². The number of carbonyl (C=O) groups is 1. The molecule has 1 heterocycles. The van der Waals surface area contributed by atoms with E-state index in [1.807, 2.05) is 13.8 Å². The van der Waals surface area contributed by atoms with E-state index < -0.39 is 12.0 Å². The fraction of sp³-hybridized carbons (Fsp3) is 0.900. The van der Waals surface area contributed by atoms with Crippen LogP contribution in [0.1, 0.15) is 20.3 Å². The standard InChI is InChI=1S/C10H19NO3S/c1-3-11-8(10(12)13)6-15-9-4-5-14-7(9)2/h7-9,11H,3-6H2,1-2H3,(H,12,13).